The van der Waals surface area contributed by atoms with Crippen LogP contribution in [-0.2, 0) is 4.79 Å². The fourth-order valence-electron chi connectivity index (χ4n) is 5.36. The van der Waals surface area contributed by atoms with E-state index in [4.69, 9.17) is 11.6 Å². The number of unbranched alkanes of at least 4 members (excludes halogenated alkanes) is 11. The molecule has 1 aliphatic rings. The van der Waals surface area contributed by atoms with Gasteiger partial charge in [-0.2, -0.15) is 0 Å². The molecule has 0 aromatic heterocycles. The highest BCUT2D eigenvalue weighted by Gasteiger charge is 2.22. The Bertz CT molecular complexity index is 686. The fourth-order valence-corrected chi connectivity index (χ4v) is 5.67. The first kappa shape index (κ1) is 29.0. The van der Waals surface area contributed by atoms with Crippen molar-refractivity contribution in [3.63, 3.8) is 0 Å². The average molecular weight is 492 g/mol. The number of hydrogen-bond donors (Lipinski definition) is 1. The zero-order chi connectivity index (χ0) is 24.6. The minimum absolute atomic E-state index is 0.200. The van der Waals surface area contributed by atoms with Gasteiger partial charge in [0.05, 0.1) is 16.6 Å². The van der Waals surface area contributed by atoms with Gasteiger partial charge in [0.15, 0.2) is 0 Å². The van der Waals surface area contributed by atoms with Crippen LogP contribution in [0.3, 0.4) is 0 Å². The number of benzene rings is 1. The molecule has 1 aromatic carbocycles. The molecular weight excluding hydrogens is 442 g/mol. The van der Waals surface area contributed by atoms with E-state index in [1.54, 1.807) is 0 Å². The molecular formula is C30H50ClNO2. The number of halogens is 1. The van der Waals surface area contributed by atoms with Crippen LogP contribution in [0.5, 0.6) is 0 Å². The molecule has 0 aliphatic carbocycles. The van der Waals surface area contributed by atoms with Crippen LogP contribution in [0.2, 0.25) is 5.02 Å². The van der Waals surface area contributed by atoms with Crippen LogP contribution in [0.1, 0.15) is 134 Å². The molecule has 2 atom stereocenters. The minimum atomic E-state index is -0.647. The van der Waals surface area contributed by atoms with Crippen molar-refractivity contribution in [2.75, 3.05) is 18.0 Å². The standard InChI is InChI=1S/C30H50ClNO2/c1-3-4-5-6-7-8-9-10-11-12-13-15-18-27(30(33)34)23-25(2)26-19-20-29(28(31)24-26)32-21-16-14-17-22-32/h19-20,24-25,27H,3-18,21-23H2,1-2H3,(H,33,34). The summed E-state index contributed by atoms with van der Waals surface area (Å²) in [5.41, 5.74) is 2.29. The lowest BCUT2D eigenvalue weighted by atomic mass is 9.87. The van der Waals surface area contributed by atoms with Gasteiger partial charge in [-0.3, -0.25) is 4.79 Å². The lowest BCUT2D eigenvalue weighted by Crippen LogP contribution is -2.29. The number of anilines is 1. The summed E-state index contributed by atoms with van der Waals surface area (Å²) in [5.74, 6) is -0.712. The summed E-state index contributed by atoms with van der Waals surface area (Å²) in [6.45, 7) is 6.57. The summed E-state index contributed by atoms with van der Waals surface area (Å²) in [6.07, 6.45) is 20.9. The molecule has 1 aliphatic heterocycles. The van der Waals surface area contributed by atoms with Crippen LogP contribution in [0, 0.1) is 5.92 Å². The van der Waals surface area contributed by atoms with E-state index in [9.17, 15) is 9.90 Å². The molecule has 194 valence electrons. The van der Waals surface area contributed by atoms with Crippen molar-refractivity contribution in [3.8, 4) is 0 Å². The van der Waals surface area contributed by atoms with E-state index >= 15 is 0 Å². The molecule has 1 saturated heterocycles. The van der Waals surface area contributed by atoms with Gasteiger partial charge in [0.1, 0.15) is 0 Å². The number of hydrogen-bond acceptors (Lipinski definition) is 2. The van der Waals surface area contributed by atoms with E-state index in [0.717, 1.165) is 48.6 Å². The van der Waals surface area contributed by atoms with Crippen LogP contribution < -0.4 is 4.90 Å². The predicted molar refractivity (Wildman–Crippen MR) is 147 cm³/mol. The van der Waals surface area contributed by atoms with Crippen molar-refractivity contribution in [2.45, 2.75) is 129 Å². The second-order valence-electron chi connectivity index (χ2n) is 10.6. The van der Waals surface area contributed by atoms with E-state index in [1.165, 1.54) is 83.5 Å². The Morgan fingerprint density at radius 3 is 2.00 bits per heavy atom. The Hall–Kier alpha value is -1.22. The number of aliphatic carboxylic acids is 1. The molecule has 0 bridgehead atoms. The molecule has 0 spiro atoms. The number of piperidine rings is 1. The van der Waals surface area contributed by atoms with Gasteiger partial charge in [-0.25, -0.2) is 0 Å². The molecule has 2 unspecified atom stereocenters. The van der Waals surface area contributed by atoms with Crippen LogP contribution >= 0.6 is 11.6 Å². The highest BCUT2D eigenvalue weighted by atomic mass is 35.5. The van der Waals surface area contributed by atoms with E-state index in [2.05, 4.69) is 36.9 Å². The quantitative estimate of drug-likeness (QED) is 0.208. The third-order valence-electron chi connectivity index (χ3n) is 7.63. The number of carbonyl (C=O) groups is 1. The SMILES string of the molecule is CCCCCCCCCCCCCCC(CC(C)c1ccc(N2CCCCC2)c(Cl)c1)C(=O)O. The highest BCUT2D eigenvalue weighted by molar-refractivity contribution is 6.33. The summed E-state index contributed by atoms with van der Waals surface area (Å²) in [4.78, 5) is 14.3. The van der Waals surface area contributed by atoms with Gasteiger partial charge in [-0.05, 0) is 55.7 Å². The third kappa shape index (κ3) is 11.0. The number of rotatable bonds is 18. The maximum atomic E-state index is 11.9. The Morgan fingerprint density at radius 2 is 1.47 bits per heavy atom. The first-order valence-corrected chi connectivity index (χ1v) is 14.7. The van der Waals surface area contributed by atoms with Gasteiger partial charge in [0, 0.05) is 13.1 Å². The second-order valence-corrected chi connectivity index (χ2v) is 11.0. The summed E-state index contributed by atoms with van der Waals surface area (Å²) >= 11 is 6.64. The molecule has 0 amide bonds. The summed E-state index contributed by atoms with van der Waals surface area (Å²) < 4.78 is 0. The molecule has 1 aromatic rings. The van der Waals surface area contributed by atoms with Gasteiger partial charge >= 0.3 is 5.97 Å². The lowest BCUT2D eigenvalue weighted by Gasteiger charge is -2.30. The van der Waals surface area contributed by atoms with Crippen LogP contribution in [0.25, 0.3) is 0 Å². The molecule has 34 heavy (non-hydrogen) atoms. The van der Waals surface area contributed by atoms with E-state index in [-0.39, 0.29) is 11.8 Å². The maximum absolute atomic E-state index is 11.9. The summed E-state index contributed by atoms with van der Waals surface area (Å²) in [6, 6.07) is 6.36. The third-order valence-corrected chi connectivity index (χ3v) is 7.93. The molecule has 0 saturated carbocycles. The lowest BCUT2D eigenvalue weighted by molar-refractivity contribution is -0.142. The Kier molecular flexibility index (Phi) is 14.7. The first-order valence-electron chi connectivity index (χ1n) is 14.3. The van der Waals surface area contributed by atoms with Gasteiger partial charge < -0.3 is 10.0 Å². The van der Waals surface area contributed by atoms with Crippen molar-refractivity contribution >= 4 is 23.3 Å². The maximum Gasteiger partial charge on any atom is 0.306 e. The van der Waals surface area contributed by atoms with Crippen molar-refractivity contribution in [1.82, 2.24) is 0 Å². The average Bonchev–Trinajstić information content (AvgIpc) is 2.84. The van der Waals surface area contributed by atoms with Crippen molar-refractivity contribution in [2.24, 2.45) is 5.92 Å². The zero-order valence-electron chi connectivity index (χ0n) is 22.0. The normalized spacial score (nSPS) is 15.9. The second kappa shape index (κ2) is 17.2. The Labute approximate surface area is 214 Å². The van der Waals surface area contributed by atoms with E-state index in [1.807, 2.05) is 0 Å². The van der Waals surface area contributed by atoms with Gasteiger partial charge in [0.25, 0.3) is 0 Å². The smallest absolute Gasteiger partial charge is 0.306 e. The van der Waals surface area contributed by atoms with Crippen molar-refractivity contribution in [1.29, 1.82) is 0 Å². The fraction of sp³-hybridized carbons (Fsp3) is 0.767. The van der Waals surface area contributed by atoms with Gasteiger partial charge in [0.2, 0.25) is 0 Å². The Balaban J connectivity index is 1.65. The zero-order valence-corrected chi connectivity index (χ0v) is 22.8. The Morgan fingerprint density at radius 1 is 0.912 bits per heavy atom. The van der Waals surface area contributed by atoms with E-state index in [0.29, 0.717) is 6.42 Å². The predicted octanol–water partition coefficient (Wildman–Crippen LogP) is 9.62. The monoisotopic (exact) mass is 491 g/mol. The molecule has 3 nitrogen and oxygen atoms in total. The molecule has 1 N–H and O–H groups in total. The van der Waals surface area contributed by atoms with Crippen LogP contribution in [0.4, 0.5) is 5.69 Å². The highest BCUT2D eigenvalue weighted by Crippen LogP contribution is 2.34. The minimum Gasteiger partial charge on any atom is -0.481 e. The van der Waals surface area contributed by atoms with Crippen molar-refractivity contribution in [3.05, 3.63) is 28.8 Å². The first-order chi connectivity index (χ1) is 16.5. The summed E-state index contributed by atoms with van der Waals surface area (Å²) in [5, 5.41) is 10.6. The van der Waals surface area contributed by atoms with Crippen molar-refractivity contribution < 1.29 is 9.90 Å². The molecule has 2 rings (SSSR count). The number of nitrogens with zero attached hydrogens (tertiary/aromatic N) is 1. The van der Waals surface area contributed by atoms with E-state index < -0.39 is 5.97 Å². The topological polar surface area (TPSA) is 40.5 Å². The summed E-state index contributed by atoms with van der Waals surface area (Å²) in [7, 11) is 0. The van der Waals surface area contributed by atoms with Crippen LogP contribution in [-0.4, -0.2) is 24.2 Å². The largest absolute Gasteiger partial charge is 0.481 e. The molecule has 4 heteroatoms. The van der Waals surface area contributed by atoms with Gasteiger partial charge in [-0.15, -0.1) is 0 Å². The molecule has 1 heterocycles. The molecule has 0 radical (unpaired) electrons. The number of carboxylic acids is 1. The van der Waals surface area contributed by atoms with Gasteiger partial charge in [-0.1, -0.05) is 109 Å². The van der Waals surface area contributed by atoms with Crippen LogP contribution in [0.15, 0.2) is 18.2 Å². The molecule has 1 fully saturated rings. The number of carboxylic acid groups (broad SMARTS) is 1.